The second-order valence-electron chi connectivity index (χ2n) is 8.35. The van der Waals surface area contributed by atoms with E-state index >= 15 is 0 Å². The third-order valence-electron chi connectivity index (χ3n) is 4.89. The van der Waals surface area contributed by atoms with Crippen LogP contribution in [0.1, 0.15) is 38.8 Å². The Balaban J connectivity index is 1.97. The highest BCUT2D eigenvalue weighted by molar-refractivity contribution is 7.92. The number of halogens is 1. The van der Waals surface area contributed by atoms with E-state index < -0.39 is 15.1 Å². The van der Waals surface area contributed by atoms with Crippen LogP contribution < -0.4 is 15.4 Å². The summed E-state index contributed by atoms with van der Waals surface area (Å²) in [6, 6.07) is 3.93. The summed E-state index contributed by atoms with van der Waals surface area (Å²) in [5.74, 6) is 1.20. The molecule has 0 unspecified atom stereocenters. The summed E-state index contributed by atoms with van der Waals surface area (Å²) in [6.45, 7) is 11.1. The van der Waals surface area contributed by atoms with Crippen LogP contribution in [-0.4, -0.2) is 39.5 Å². The summed E-state index contributed by atoms with van der Waals surface area (Å²) in [5, 5.41) is 9.85. The van der Waals surface area contributed by atoms with Gasteiger partial charge in [0.25, 0.3) is 0 Å². The summed E-state index contributed by atoms with van der Waals surface area (Å²) in [6.07, 6.45) is 3.00. The Morgan fingerprint density at radius 3 is 2.36 bits per heavy atom. The van der Waals surface area contributed by atoms with E-state index in [4.69, 9.17) is 16.3 Å². The molecule has 0 aliphatic carbocycles. The minimum atomic E-state index is -3.62. The molecule has 2 aromatic heterocycles. The number of aryl methyl sites for hydroxylation is 3. The van der Waals surface area contributed by atoms with Crippen molar-refractivity contribution in [3.63, 3.8) is 0 Å². The molecule has 0 spiro atoms. The quantitative estimate of drug-likeness (QED) is 0.455. The molecule has 3 rings (SSSR count). The van der Waals surface area contributed by atoms with Gasteiger partial charge in [-0.05, 0) is 64.8 Å². The Kier molecular flexibility index (Phi) is 7.18. The highest BCUT2D eigenvalue weighted by Gasteiger charge is 2.27. The normalized spacial score (nSPS) is 11.8. The number of hydrogen-bond acceptors (Lipinski definition) is 8. The standard InChI is InChI=1S/C22H29ClN6O3S/c1-12(2)32-19-9-15(6)14(5)8-17(19)26-22-24-10-16(23)20(27-22)25-18-11-29(7)28-21(18)33(30,31)13(3)4/h8-13H,1-7H3,(H2,24,25,26,27). The van der Waals surface area contributed by atoms with E-state index in [1.165, 1.54) is 10.9 Å². The predicted molar refractivity (Wildman–Crippen MR) is 131 cm³/mol. The van der Waals surface area contributed by atoms with Gasteiger partial charge < -0.3 is 15.4 Å². The summed E-state index contributed by atoms with van der Waals surface area (Å²) in [5.41, 5.74) is 3.18. The maximum Gasteiger partial charge on any atom is 0.229 e. The lowest BCUT2D eigenvalue weighted by molar-refractivity contribution is 0.243. The number of nitrogens with zero attached hydrogens (tertiary/aromatic N) is 4. The fraction of sp³-hybridized carbons (Fsp3) is 0.409. The molecule has 0 saturated carbocycles. The maximum atomic E-state index is 12.7. The van der Waals surface area contributed by atoms with Crippen LogP contribution in [0.2, 0.25) is 5.02 Å². The number of benzene rings is 1. The number of rotatable bonds is 8. The van der Waals surface area contributed by atoms with Crippen molar-refractivity contribution in [1.82, 2.24) is 19.7 Å². The molecular formula is C22H29ClN6O3S. The van der Waals surface area contributed by atoms with Gasteiger partial charge in [0.2, 0.25) is 20.8 Å². The molecule has 0 fully saturated rings. The van der Waals surface area contributed by atoms with Gasteiger partial charge in [-0.2, -0.15) is 10.1 Å². The molecule has 0 atom stereocenters. The van der Waals surface area contributed by atoms with Crippen molar-refractivity contribution in [1.29, 1.82) is 0 Å². The van der Waals surface area contributed by atoms with Gasteiger partial charge in [-0.1, -0.05) is 11.6 Å². The number of hydrogen-bond donors (Lipinski definition) is 2. The fourth-order valence-corrected chi connectivity index (χ4v) is 4.23. The molecule has 2 heterocycles. The van der Waals surface area contributed by atoms with Crippen LogP contribution in [-0.2, 0) is 16.9 Å². The molecule has 0 bridgehead atoms. The molecule has 3 aromatic rings. The summed E-state index contributed by atoms with van der Waals surface area (Å²) in [7, 11) is -1.97. The van der Waals surface area contributed by atoms with Crippen molar-refractivity contribution in [2.45, 2.75) is 57.9 Å². The highest BCUT2D eigenvalue weighted by Crippen LogP contribution is 2.33. The minimum Gasteiger partial charge on any atom is -0.489 e. The molecule has 0 aliphatic rings. The SMILES string of the molecule is Cc1cc(Nc2ncc(Cl)c(Nc3cn(C)nc3S(=O)(=O)C(C)C)n2)c(OC(C)C)cc1C. The lowest BCUT2D eigenvalue weighted by atomic mass is 10.1. The van der Waals surface area contributed by atoms with Crippen molar-refractivity contribution < 1.29 is 13.2 Å². The number of ether oxygens (including phenoxy) is 1. The predicted octanol–water partition coefficient (Wildman–Crippen LogP) is 4.94. The molecule has 0 radical (unpaired) electrons. The van der Waals surface area contributed by atoms with E-state index in [9.17, 15) is 8.42 Å². The number of anilines is 4. The lowest BCUT2D eigenvalue weighted by Crippen LogP contribution is -2.16. The maximum absolute atomic E-state index is 12.7. The number of sulfone groups is 1. The van der Waals surface area contributed by atoms with E-state index in [1.807, 2.05) is 39.8 Å². The second-order valence-corrected chi connectivity index (χ2v) is 11.2. The molecule has 178 valence electrons. The Hall–Kier alpha value is -2.85. The van der Waals surface area contributed by atoms with Gasteiger partial charge in [0, 0.05) is 13.2 Å². The van der Waals surface area contributed by atoms with Crippen molar-refractivity contribution in [3.8, 4) is 5.75 Å². The van der Waals surface area contributed by atoms with Crippen LogP contribution in [0.15, 0.2) is 29.6 Å². The first kappa shape index (κ1) is 24.8. The third-order valence-corrected chi connectivity index (χ3v) is 7.25. The smallest absolute Gasteiger partial charge is 0.229 e. The first-order valence-electron chi connectivity index (χ1n) is 10.5. The van der Waals surface area contributed by atoms with E-state index in [0.717, 1.165) is 11.1 Å². The molecule has 0 amide bonds. The van der Waals surface area contributed by atoms with Gasteiger partial charge in [0.1, 0.15) is 10.8 Å². The summed E-state index contributed by atoms with van der Waals surface area (Å²) in [4.78, 5) is 8.72. The van der Waals surface area contributed by atoms with Crippen LogP contribution in [0.3, 0.4) is 0 Å². The first-order valence-corrected chi connectivity index (χ1v) is 12.4. The zero-order chi connectivity index (χ0) is 24.5. The van der Waals surface area contributed by atoms with Gasteiger partial charge in [-0.15, -0.1) is 0 Å². The molecule has 0 saturated heterocycles. The summed E-state index contributed by atoms with van der Waals surface area (Å²) < 4.78 is 32.8. The van der Waals surface area contributed by atoms with Crippen LogP contribution in [0.4, 0.5) is 23.1 Å². The molecule has 33 heavy (non-hydrogen) atoms. The average Bonchev–Trinajstić information content (AvgIpc) is 3.08. The number of aromatic nitrogens is 4. The molecule has 1 aromatic carbocycles. The second kappa shape index (κ2) is 9.56. The Morgan fingerprint density at radius 1 is 1.06 bits per heavy atom. The van der Waals surface area contributed by atoms with E-state index in [1.54, 1.807) is 27.1 Å². The minimum absolute atomic E-state index is 0.0112. The van der Waals surface area contributed by atoms with Crippen molar-refractivity contribution in [2.75, 3.05) is 10.6 Å². The highest BCUT2D eigenvalue weighted by atomic mass is 35.5. The van der Waals surface area contributed by atoms with E-state index in [-0.39, 0.29) is 33.6 Å². The van der Waals surface area contributed by atoms with Crippen LogP contribution >= 0.6 is 11.6 Å². The monoisotopic (exact) mass is 492 g/mol. The zero-order valence-corrected chi connectivity index (χ0v) is 21.3. The largest absolute Gasteiger partial charge is 0.489 e. The molecule has 9 nitrogen and oxygen atoms in total. The molecular weight excluding hydrogens is 464 g/mol. The average molecular weight is 493 g/mol. The molecule has 0 aliphatic heterocycles. The van der Waals surface area contributed by atoms with Crippen LogP contribution in [0, 0.1) is 13.8 Å². The number of nitrogens with one attached hydrogen (secondary N) is 2. The van der Waals surface area contributed by atoms with Crippen LogP contribution in [0.5, 0.6) is 5.75 Å². The van der Waals surface area contributed by atoms with E-state index in [2.05, 4.69) is 25.7 Å². The van der Waals surface area contributed by atoms with E-state index in [0.29, 0.717) is 11.4 Å². The Labute approximate surface area is 199 Å². The third kappa shape index (κ3) is 5.56. The van der Waals surface area contributed by atoms with Gasteiger partial charge in [-0.3, -0.25) is 4.68 Å². The molecule has 2 N–H and O–H groups in total. The Morgan fingerprint density at radius 2 is 1.73 bits per heavy atom. The van der Waals surface area contributed by atoms with Gasteiger partial charge >= 0.3 is 0 Å². The zero-order valence-electron chi connectivity index (χ0n) is 19.8. The van der Waals surface area contributed by atoms with Crippen molar-refractivity contribution >= 4 is 44.6 Å². The van der Waals surface area contributed by atoms with Gasteiger partial charge in [0.05, 0.1) is 28.9 Å². The fourth-order valence-electron chi connectivity index (χ4n) is 2.99. The van der Waals surface area contributed by atoms with Crippen LogP contribution in [0.25, 0.3) is 0 Å². The first-order chi connectivity index (χ1) is 15.4. The Bertz CT molecular complexity index is 1270. The topological polar surface area (TPSA) is 111 Å². The van der Waals surface area contributed by atoms with Crippen molar-refractivity contribution in [3.05, 3.63) is 40.7 Å². The van der Waals surface area contributed by atoms with Gasteiger partial charge in [-0.25, -0.2) is 13.4 Å². The summed E-state index contributed by atoms with van der Waals surface area (Å²) >= 11 is 6.31. The molecule has 11 heteroatoms. The van der Waals surface area contributed by atoms with Crippen molar-refractivity contribution in [2.24, 2.45) is 7.05 Å². The van der Waals surface area contributed by atoms with Gasteiger partial charge in [0.15, 0.2) is 5.82 Å². The lowest BCUT2D eigenvalue weighted by Gasteiger charge is -2.17.